The van der Waals surface area contributed by atoms with E-state index in [0.717, 1.165) is 12.5 Å². The number of nitrogens with zero attached hydrogens (tertiary/aromatic N) is 4. The van der Waals surface area contributed by atoms with Gasteiger partial charge in [-0.1, -0.05) is 6.07 Å². The predicted molar refractivity (Wildman–Crippen MR) is 110 cm³/mol. The first kappa shape index (κ1) is 21.7. The number of rotatable bonds is 6. The van der Waals surface area contributed by atoms with E-state index in [1.807, 2.05) is 0 Å². The van der Waals surface area contributed by atoms with E-state index in [1.54, 1.807) is 12.3 Å². The van der Waals surface area contributed by atoms with Crippen molar-refractivity contribution in [2.75, 3.05) is 12.0 Å². The summed E-state index contributed by atoms with van der Waals surface area (Å²) in [6.45, 7) is 0. The lowest BCUT2D eigenvalue weighted by molar-refractivity contribution is -0.150. The molecule has 1 atom stereocenters. The number of alkyl halides is 3. The molecule has 13 heteroatoms. The summed E-state index contributed by atoms with van der Waals surface area (Å²) in [7, 11) is -3.54. The van der Waals surface area contributed by atoms with Crippen LogP contribution < -0.4 is 5.69 Å². The lowest BCUT2D eigenvalue weighted by Gasteiger charge is -2.20. The lowest BCUT2D eigenvalue weighted by atomic mass is 9.97. The minimum atomic E-state index is -4.60. The third-order valence-electron chi connectivity index (χ3n) is 4.90. The zero-order valence-electron chi connectivity index (χ0n) is 16.6. The Kier molecular flexibility index (Phi) is 5.36. The van der Waals surface area contributed by atoms with Crippen molar-refractivity contribution < 1.29 is 21.6 Å². The molecule has 2 N–H and O–H groups in total. The SMILES string of the molecule is CS(=O)(=O)CCC(c1ccc(-n2cc(-c3ccnc4[nH]c(=O)[nH]c34)cn2)nc1)C(F)(F)F. The van der Waals surface area contributed by atoms with Crippen molar-refractivity contribution in [2.45, 2.75) is 18.5 Å². The van der Waals surface area contributed by atoms with Gasteiger partial charge in [-0.2, -0.15) is 18.3 Å². The van der Waals surface area contributed by atoms with Crippen molar-refractivity contribution in [3.63, 3.8) is 0 Å². The van der Waals surface area contributed by atoms with Gasteiger partial charge in [0.05, 0.1) is 23.4 Å². The van der Waals surface area contributed by atoms with Gasteiger partial charge in [-0.3, -0.25) is 4.98 Å². The molecule has 0 aliphatic carbocycles. The van der Waals surface area contributed by atoms with E-state index in [9.17, 15) is 26.4 Å². The minimum Gasteiger partial charge on any atom is -0.304 e. The molecular weight excluding hydrogens is 449 g/mol. The van der Waals surface area contributed by atoms with Gasteiger partial charge in [-0.05, 0) is 24.1 Å². The second kappa shape index (κ2) is 7.89. The number of aromatic nitrogens is 6. The van der Waals surface area contributed by atoms with Crippen LogP contribution in [0.25, 0.3) is 28.1 Å². The topological polar surface area (TPSA) is 126 Å². The number of aromatic amines is 2. The van der Waals surface area contributed by atoms with Gasteiger partial charge >= 0.3 is 11.9 Å². The highest BCUT2D eigenvalue weighted by Crippen LogP contribution is 2.37. The Bertz CT molecular complexity index is 1420. The van der Waals surface area contributed by atoms with Gasteiger partial charge in [0.15, 0.2) is 11.5 Å². The van der Waals surface area contributed by atoms with Crippen LogP contribution in [0.15, 0.2) is 47.8 Å². The Morgan fingerprint density at radius 3 is 2.56 bits per heavy atom. The molecule has 0 spiro atoms. The van der Waals surface area contributed by atoms with Crippen LogP contribution in [-0.4, -0.2) is 56.3 Å². The maximum Gasteiger partial charge on any atom is 0.395 e. The fourth-order valence-electron chi connectivity index (χ4n) is 3.35. The van der Waals surface area contributed by atoms with Crippen molar-refractivity contribution in [3.8, 4) is 16.9 Å². The molecule has 0 saturated heterocycles. The molecule has 0 saturated carbocycles. The Morgan fingerprint density at radius 2 is 1.91 bits per heavy atom. The summed E-state index contributed by atoms with van der Waals surface area (Å²) in [6, 6.07) is 4.34. The first-order valence-corrected chi connectivity index (χ1v) is 11.4. The van der Waals surface area contributed by atoms with Crippen molar-refractivity contribution in [2.24, 2.45) is 0 Å². The summed E-state index contributed by atoms with van der Waals surface area (Å²) >= 11 is 0. The van der Waals surface area contributed by atoms with E-state index in [0.29, 0.717) is 22.3 Å². The normalized spacial score (nSPS) is 13.5. The van der Waals surface area contributed by atoms with E-state index < -0.39 is 39.8 Å². The number of nitrogens with one attached hydrogen (secondary N) is 2. The molecule has 0 radical (unpaired) electrons. The number of pyridine rings is 2. The highest BCUT2D eigenvalue weighted by atomic mass is 32.2. The summed E-state index contributed by atoms with van der Waals surface area (Å²) in [6.07, 6.45) is 1.46. The quantitative estimate of drug-likeness (QED) is 0.450. The zero-order chi connectivity index (χ0) is 23.1. The molecule has 168 valence electrons. The average Bonchev–Trinajstić information content (AvgIpc) is 3.32. The van der Waals surface area contributed by atoms with E-state index >= 15 is 0 Å². The Balaban J connectivity index is 1.62. The Labute approximate surface area is 179 Å². The second-order valence-electron chi connectivity index (χ2n) is 7.30. The molecule has 4 heterocycles. The third kappa shape index (κ3) is 4.56. The zero-order valence-corrected chi connectivity index (χ0v) is 17.4. The van der Waals surface area contributed by atoms with Crippen LogP contribution in [-0.2, 0) is 9.84 Å². The fourth-order valence-corrected chi connectivity index (χ4v) is 4.02. The smallest absolute Gasteiger partial charge is 0.304 e. The number of fused-ring (bicyclic) bond motifs is 1. The molecule has 4 aromatic rings. The number of imidazole rings is 1. The molecule has 4 rings (SSSR count). The van der Waals surface area contributed by atoms with Crippen LogP contribution >= 0.6 is 0 Å². The highest BCUT2D eigenvalue weighted by molar-refractivity contribution is 7.90. The average molecular weight is 466 g/mol. The molecule has 0 aliphatic heterocycles. The van der Waals surface area contributed by atoms with E-state index in [2.05, 4.69) is 25.0 Å². The second-order valence-corrected chi connectivity index (χ2v) is 9.56. The van der Waals surface area contributed by atoms with Crippen LogP contribution in [0.3, 0.4) is 0 Å². The predicted octanol–water partition coefficient (Wildman–Crippen LogP) is 2.58. The van der Waals surface area contributed by atoms with Crippen molar-refractivity contribution >= 4 is 21.0 Å². The van der Waals surface area contributed by atoms with Crippen LogP contribution in [0, 0.1) is 0 Å². The van der Waals surface area contributed by atoms with Gasteiger partial charge < -0.3 is 4.98 Å². The van der Waals surface area contributed by atoms with E-state index in [-0.39, 0.29) is 11.4 Å². The molecule has 4 aromatic heterocycles. The van der Waals surface area contributed by atoms with Gasteiger partial charge in [-0.15, -0.1) is 0 Å². The summed E-state index contributed by atoms with van der Waals surface area (Å²) in [5.41, 5.74) is 1.65. The van der Waals surface area contributed by atoms with E-state index in [1.165, 1.54) is 29.2 Å². The highest BCUT2D eigenvalue weighted by Gasteiger charge is 2.41. The number of hydrogen-bond donors (Lipinski definition) is 2. The number of hydrogen-bond acceptors (Lipinski definition) is 6. The first-order valence-electron chi connectivity index (χ1n) is 9.34. The van der Waals surface area contributed by atoms with Crippen molar-refractivity contribution in [3.05, 3.63) is 59.0 Å². The van der Waals surface area contributed by atoms with Crippen LogP contribution in [0.5, 0.6) is 0 Å². The molecule has 1 unspecified atom stereocenters. The molecule has 0 fully saturated rings. The number of sulfone groups is 1. The molecular formula is C19H17F3N6O3S. The van der Waals surface area contributed by atoms with Crippen molar-refractivity contribution in [1.29, 1.82) is 0 Å². The molecule has 32 heavy (non-hydrogen) atoms. The number of H-pyrrole nitrogens is 2. The first-order chi connectivity index (χ1) is 15.0. The Hall–Kier alpha value is -3.48. The largest absolute Gasteiger partial charge is 0.395 e. The van der Waals surface area contributed by atoms with Gasteiger partial charge in [0.1, 0.15) is 9.84 Å². The monoisotopic (exact) mass is 466 g/mol. The number of halogens is 3. The third-order valence-corrected chi connectivity index (χ3v) is 5.87. The maximum absolute atomic E-state index is 13.5. The molecule has 0 amide bonds. The Morgan fingerprint density at radius 1 is 1.12 bits per heavy atom. The summed E-state index contributed by atoms with van der Waals surface area (Å²) in [5, 5.41) is 4.20. The molecule has 0 aliphatic rings. The van der Waals surface area contributed by atoms with Crippen LogP contribution in [0.1, 0.15) is 17.9 Å². The minimum absolute atomic E-state index is 0.127. The molecule has 0 aromatic carbocycles. The lowest BCUT2D eigenvalue weighted by Crippen LogP contribution is -2.23. The standard InChI is InChI=1S/C19H17F3N6O3S/c1-32(30,31)7-5-14(19(20,21)22)11-2-3-15(24-8-11)28-10-12(9-25-28)13-4-6-23-17-16(13)26-18(29)27-17/h2-4,6,8-10,14H,5,7H2,1H3,(H2,23,26,27,29). The van der Waals surface area contributed by atoms with Crippen molar-refractivity contribution in [1.82, 2.24) is 29.7 Å². The fraction of sp³-hybridized carbons (Fsp3) is 0.263. The summed E-state index contributed by atoms with van der Waals surface area (Å²) in [5.74, 6) is -2.25. The summed E-state index contributed by atoms with van der Waals surface area (Å²) < 4.78 is 64.4. The van der Waals surface area contributed by atoms with E-state index in [4.69, 9.17) is 0 Å². The van der Waals surface area contributed by atoms with Gasteiger partial charge in [-0.25, -0.2) is 27.9 Å². The van der Waals surface area contributed by atoms with Crippen LogP contribution in [0.4, 0.5) is 13.2 Å². The van der Waals surface area contributed by atoms with Gasteiger partial charge in [0, 0.05) is 36.0 Å². The van der Waals surface area contributed by atoms with Gasteiger partial charge in [0.2, 0.25) is 0 Å². The molecule has 0 bridgehead atoms. The van der Waals surface area contributed by atoms with Gasteiger partial charge in [0.25, 0.3) is 0 Å². The van der Waals surface area contributed by atoms with Crippen LogP contribution in [0.2, 0.25) is 0 Å². The maximum atomic E-state index is 13.5. The summed E-state index contributed by atoms with van der Waals surface area (Å²) in [4.78, 5) is 24.9. The molecule has 9 nitrogen and oxygen atoms in total.